The molecular formula is C20H20BrN3O3S. The Labute approximate surface area is 175 Å². The summed E-state index contributed by atoms with van der Waals surface area (Å²) in [6, 6.07) is 10.6. The largest absolute Gasteiger partial charge is 0.459 e. The molecule has 0 aliphatic rings. The van der Waals surface area contributed by atoms with E-state index in [9.17, 15) is 9.59 Å². The molecule has 0 fully saturated rings. The van der Waals surface area contributed by atoms with E-state index in [1.165, 1.54) is 17.6 Å². The lowest BCUT2D eigenvalue weighted by atomic mass is 10.0. The first-order valence-electron chi connectivity index (χ1n) is 8.76. The highest BCUT2D eigenvalue weighted by molar-refractivity contribution is 9.10. The van der Waals surface area contributed by atoms with Gasteiger partial charge in [-0.1, -0.05) is 41.9 Å². The van der Waals surface area contributed by atoms with Crippen LogP contribution >= 0.6 is 27.3 Å². The summed E-state index contributed by atoms with van der Waals surface area (Å²) in [5, 5.41) is 6.03. The SMILES string of the molecule is CC(C)[C@H](NC(=O)c1ccco1)C(=O)Nc1ncc(Cc2ccc(Br)cc2)s1. The van der Waals surface area contributed by atoms with Crippen molar-refractivity contribution in [2.75, 3.05) is 5.32 Å². The molecule has 28 heavy (non-hydrogen) atoms. The summed E-state index contributed by atoms with van der Waals surface area (Å²) in [6.45, 7) is 3.74. The highest BCUT2D eigenvalue weighted by atomic mass is 79.9. The van der Waals surface area contributed by atoms with Gasteiger partial charge in [0, 0.05) is 22.0 Å². The van der Waals surface area contributed by atoms with E-state index in [4.69, 9.17) is 4.42 Å². The van der Waals surface area contributed by atoms with Gasteiger partial charge in [-0.3, -0.25) is 9.59 Å². The van der Waals surface area contributed by atoms with Crippen LogP contribution in [-0.4, -0.2) is 22.8 Å². The number of amides is 2. The van der Waals surface area contributed by atoms with Gasteiger partial charge in [0.15, 0.2) is 10.9 Å². The number of aromatic nitrogens is 1. The number of thiazole rings is 1. The summed E-state index contributed by atoms with van der Waals surface area (Å²) < 4.78 is 6.12. The zero-order chi connectivity index (χ0) is 20.1. The predicted molar refractivity (Wildman–Crippen MR) is 112 cm³/mol. The fourth-order valence-electron chi connectivity index (χ4n) is 2.59. The van der Waals surface area contributed by atoms with Crippen LogP contribution in [0.5, 0.6) is 0 Å². The van der Waals surface area contributed by atoms with E-state index >= 15 is 0 Å². The molecule has 0 aliphatic carbocycles. The lowest BCUT2D eigenvalue weighted by Gasteiger charge is -2.20. The molecule has 0 saturated heterocycles. The molecule has 0 unspecified atom stereocenters. The molecule has 0 aliphatic heterocycles. The fraction of sp³-hybridized carbons (Fsp3) is 0.250. The van der Waals surface area contributed by atoms with Gasteiger partial charge in [0.25, 0.3) is 5.91 Å². The van der Waals surface area contributed by atoms with Crippen molar-refractivity contribution in [3.8, 4) is 0 Å². The Bertz CT molecular complexity index is 936. The maximum atomic E-state index is 12.7. The molecule has 3 aromatic rings. The third kappa shape index (κ3) is 5.30. The van der Waals surface area contributed by atoms with Gasteiger partial charge in [-0.05, 0) is 35.7 Å². The van der Waals surface area contributed by atoms with Crippen molar-refractivity contribution in [2.45, 2.75) is 26.3 Å². The highest BCUT2D eigenvalue weighted by Gasteiger charge is 2.26. The van der Waals surface area contributed by atoms with E-state index in [-0.39, 0.29) is 17.6 Å². The Morgan fingerprint density at radius 3 is 2.61 bits per heavy atom. The van der Waals surface area contributed by atoms with Crippen molar-refractivity contribution in [1.29, 1.82) is 0 Å². The average molecular weight is 462 g/mol. The third-order valence-electron chi connectivity index (χ3n) is 4.06. The first-order valence-corrected chi connectivity index (χ1v) is 10.4. The molecule has 6 nitrogen and oxygen atoms in total. The maximum absolute atomic E-state index is 12.7. The number of carbonyl (C=O) groups excluding carboxylic acids is 2. The molecule has 146 valence electrons. The van der Waals surface area contributed by atoms with Crippen LogP contribution < -0.4 is 10.6 Å². The van der Waals surface area contributed by atoms with E-state index in [1.54, 1.807) is 18.3 Å². The zero-order valence-corrected chi connectivity index (χ0v) is 17.8. The van der Waals surface area contributed by atoms with Gasteiger partial charge in [-0.25, -0.2) is 4.98 Å². The van der Waals surface area contributed by atoms with Gasteiger partial charge in [0.2, 0.25) is 5.91 Å². The minimum Gasteiger partial charge on any atom is -0.459 e. The summed E-state index contributed by atoms with van der Waals surface area (Å²) >= 11 is 4.84. The lowest BCUT2D eigenvalue weighted by molar-refractivity contribution is -0.118. The summed E-state index contributed by atoms with van der Waals surface area (Å²) in [7, 11) is 0. The molecule has 8 heteroatoms. The van der Waals surface area contributed by atoms with Crippen LogP contribution in [-0.2, 0) is 11.2 Å². The van der Waals surface area contributed by atoms with Crippen molar-refractivity contribution < 1.29 is 14.0 Å². The average Bonchev–Trinajstić information content (AvgIpc) is 3.33. The Morgan fingerprint density at radius 1 is 1.21 bits per heavy atom. The summed E-state index contributed by atoms with van der Waals surface area (Å²) in [4.78, 5) is 30.2. The van der Waals surface area contributed by atoms with E-state index in [0.717, 1.165) is 21.3 Å². The number of benzene rings is 1. The molecule has 3 rings (SSSR count). The van der Waals surface area contributed by atoms with Crippen molar-refractivity contribution in [3.63, 3.8) is 0 Å². The van der Waals surface area contributed by atoms with Crippen LogP contribution in [0.1, 0.15) is 34.8 Å². The topological polar surface area (TPSA) is 84.2 Å². The van der Waals surface area contributed by atoms with Crippen molar-refractivity contribution >= 4 is 44.2 Å². The normalized spacial score (nSPS) is 12.0. The van der Waals surface area contributed by atoms with Gasteiger partial charge < -0.3 is 15.1 Å². The van der Waals surface area contributed by atoms with Crippen LogP contribution in [0.2, 0.25) is 0 Å². The second-order valence-electron chi connectivity index (χ2n) is 6.60. The molecule has 1 aromatic carbocycles. The van der Waals surface area contributed by atoms with E-state index in [2.05, 4.69) is 31.5 Å². The second kappa shape index (κ2) is 9.16. The Kier molecular flexibility index (Phi) is 6.64. The number of carbonyl (C=O) groups is 2. The molecule has 0 radical (unpaired) electrons. The maximum Gasteiger partial charge on any atom is 0.287 e. The smallest absolute Gasteiger partial charge is 0.287 e. The van der Waals surface area contributed by atoms with Crippen molar-refractivity contribution in [3.05, 3.63) is 69.5 Å². The molecule has 0 saturated carbocycles. The van der Waals surface area contributed by atoms with Crippen LogP contribution in [0.4, 0.5) is 5.13 Å². The van der Waals surface area contributed by atoms with Gasteiger partial charge in [0.05, 0.1) is 6.26 Å². The fourth-order valence-corrected chi connectivity index (χ4v) is 3.70. The van der Waals surface area contributed by atoms with Crippen LogP contribution in [0.3, 0.4) is 0 Å². The van der Waals surface area contributed by atoms with E-state index in [1.807, 2.05) is 38.1 Å². The number of nitrogens with one attached hydrogen (secondary N) is 2. The number of anilines is 1. The first kappa shape index (κ1) is 20.3. The Hall–Kier alpha value is -2.45. The minimum atomic E-state index is -0.698. The summed E-state index contributed by atoms with van der Waals surface area (Å²) in [5.41, 5.74) is 1.16. The third-order valence-corrected chi connectivity index (χ3v) is 5.50. The standard InChI is InChI=1S/C20H20BrN3O3S/c1-12(2)17(23-18(25)16-4-3-9-27-16)19(26)24-20-22-11-15(28-20)10-13-5-7-14(21)8-6-13/h3-9,11-12,17H,10H2,1-2H3,(H,23,25)(H,22,24,26)/t17-/m0/s1. The Balaban J connectivity index is 1.62. The van der Waals surface area contributed by atoms with E-state index in [0.29, 0.717) is 5.13 Å². The van der Waals surface area contributed by atoms with E-state index < -0.39 is 11.9 Å². The quantitative estimate of drug-likeness (QED) is 0.542. The van der Waals surface area contributed by atoms with Gasteiger partial charge in [-0.2, -0.15) is 0 Å². The van der Waals surface area contributed by atoms with Crippen LogP contribution in [0.15, 0.2) is 57.7 Å². The minimum absolute atomic E-state index is 0.0962. The van der Waals surface area contributed by atoms with Crippen molar-refractivity contribution in [2.24, 2.45) is 5.92 Å². The second-order valence-corrected chi connectivity index (χ2v) is 8.63. The predicted octanol–water partition coefficient (Wildman–Crippen LogP) is 4.48. The molecular weight excluding hydrogens is 442 g/mol. The van der Waals surface area contributed by atoms with Crippen LogP contribution in [0, 0.1) is 5.92 Å². The zero-order valence-electron chi connectivity index (χ0n) is 15.4. The lowest BCUT2D eigenvalue weighted by Crippen LogP contribution is -2.47. The molecule has 2 N–H and O–H groups in total. The number of hydrogen-bond acceptors (Lipinski definition) is 5. The molecule has 2 amide bonds. The summed E-state index contributed by atoms with van der Waals surface area (Å²) in [5.74, 6) is -0.654. The van der Waals surface area contributed by atoms with Gasteiger partial charge in [-0.15, -0.1) is 11.3 Å². The van der Waals surface area contributed by atoms with Gasteiger partial charge in [0.1, 0.15) is 6.04 Å². The monoisotopic (exact) mass is 461 g/mol. The summed E-state index contributed by atoms with van der Waals surface area (Å²) in [6.07, 6.45) is 3.92. The number of furan rings is 1. The number of halogens is 1. The molecule has 2 heterocycles. The van der Waals surface area contributed by atoms with Crippen molar-refractivity contribution in [1.82, 2.24) is 10.3 Å². The van der Waals surface area contributed by atoms with Gasteiger partial charge >= 0.3 is 0 Å². The van der Waals surface area contributed by atoms with Crippen LogP contribution in [0.25, 0.3) is 0 Å². The molecule has 0 bridgehead atoms. The number of nitrogens with zero attached hydrogens (tertiary/aromatic N) is 1. The Morgan fingerprint density at radius 2 is 1.96 bits per heavy atom. The number of rotatable bonds is 7. The molecule has 2 aromatic heterocycles. The molecule has 1 atom stereocenters. The number of hydrogen-bond donors (Lipinski definition) is 2. The first-order chi connectivity index (χ1) is 13.4. The highest BCUT2D eigenvalue weighted by Crippen LogP contribution is 2.22. The molecule has 0 spiro atoms.